The lowest BCUT2D eigenvalue weighted by Crippen LogP contribution is -1.93. The summed E-state index contributed by atoms with van der Waals surface area (Å²) in [4.78, 5) is 0. The van der Waals surface area contributed by atoms with Gasteiger partial charge in [-0.2, -0.15) is 0 Å². The van der Waals surface area contributed by atoms with E-state index >= 15 is 0 Å². The fraction of sp³-hybridized carbons (Fsp3) is 0.200. The van der Waals surface area contributed by atoms with Gasteiger partial charge in [-0.1, -0.05) is 12.1 Å². The monoisotopic (exact) mass is 241 g/mol. The molecule has 0 saturated carbocycles. The third-order valence-electron chi connectivity index (χ3n) is 3.30. The number of nitrogens with two attached hydrogens (primary N) is 1. The van der Waals surface area contributed by atoms with E-state index in [9.17, 15) is 5.11 Å². The normalized spacial score (nSPS) is 17.5. The Morgan fingerprint density at radius 3 is 2.67 bits per heavy atom. The molecule has 0 heterocycles. The molecule has 0 amide bonds. The van der Waals surface area contributed by atoms with Crippen molar-refractivity contribution in [1.29, 1.82) is 0 Å². The average molecular weight is 241 g/mol. The molecule has 1 aliphatic carbocycles. The van der Waals surface area contributed by atoms with Gasteiger partial charge in [-0.15, -0.1) is 0 Å². The predicted molar refractivity (Wildman–Crippen MR) is 70.7 cm³/mol. The maximum absolute atomic E-state index is 9.84. The first-order valence-corrected chi connectivity index (χ1v) is 6.07. The number of benzene rings is 2. The van der Waals surface area contributed by atoms with Crippen molar-refractivity contribution in [2.75, 3.05) is 5.73 Å². The summed E-state index contributed by atoms with van der Waals surface area (Å²) in [7, 11) is 0. The molecular formula is C15H15NO2. The number of rotatable bonds is 2. The number of hydrogen-bond acceptors (Lipinski definition) is 3. The van der Waals surface area contributed by atoms with E-state index in [0.29, 0.717) is 0 Å². The molecule has 3 nitrogen and oxygen atoms in total. The van der Waals surface area contributed by atoms with E-state index in [1.807, 2.05) is 42.5 Å². The maximum atomic E-state index is 9.84. The second-order valence-electron chi connectivity index (χ2n) is 4.55. The first-order chi connectivity index (χ1) is 8.74. The van der Waals surface area contributed by atoms with Gasteiger partial charge in [0.25, 0.3) is 0 Å². The first kappa shape index (κ1) is 11.1. The number of anilines is 1. The first-order valence-electron chi connectivity index (χ1n) is 6.07. The topological polar surface area (TPSA) is 55.5 Å². The van der Waals surface area contributed by atoms with Crippen molar-refractivity contribution in [2.24, 2.45) is 0 Å². The lowest BCUT2D eigenvalue weighted by molar-refractivity contribution is 0.180. The molecule has 1 atom stereocenters. The molecule has 0 spiro atoms. The van der Waals surface area contributed by atoms with E-state index in [1.54, 1.807) is 0 Å². The SMILES string of the molecule is Nc1ccc(Oc2cccc3c2CC[C@@H]3O)cc1. The largest absolute Gasteiger partial charge is 0.457 e. The second-order valence-corrected chi connectivity index (χ2v) is 4.55. The molecule has 0 radical (unpaired) electrons. The van der Waals surface area contributed by atoms with Crippen LogP contribution in [0.2, 0.25) is 0 Å². The van der Waals surface area contributed by atoms with Crippen LogP contribution in [0.1, 0.15) is 23.7 Å². The molecule has 1 aliphatic rings. The van der Waals surface area contributed by atoms with Crippen LogP contribution in [-0.4, -0.2) is 5.11 Å². The van der Waals surface area contributed by atoms with Gasteiger partial charge in [-0.3, -0.25) is 0 Å². The Hall–Kier alpha value is -2.00. The summed E-state index contributed by atoms with van der Waals surface area (Å²) in [6.07, 6.45) is 1.29. The lowest BCUT2D eigenvalue weighted by atomic mass is 10.1. The molecule has 3 rings (SSSR count). The van der Waals surface area contributed by atoms with Gasteiger partial charge in [0.1, 0.15) is 11.5 Å². The highest BCUT2D eigenvalue weighted by Gasteiger charge is 2.23. The highest BCUT2D eigenvalue weighted by atomic mass is 16.5. The molecule has 18 heavy (non-hydrogen) atoms. The third kappa shape index (κ3) is 1.93. The van der Waals surface area contributed by atoms with Gasteiger partial charge >= 0.3 is 0 Å². The molecule has 92 valence electrons. The minimum Gasteiger partial charge on any atom is -0.457 e. The lowest BCUT2D eigenvalue weighted by Gasteiger charge is -2.11. The van der Waals surface area contributed by atoms with Gasteiger partial charge in [0, 0.05) is 11.3 Å². The van der Waals surface area contributed by atoms with Crippen LogP contribution >= 0.6 is 0 Å². The van der Waals surface area contributed by atoms with Crippen LogP contribution in [0.3, 0.4) is 0 Å². The average Bonchev–Trinajstić information content (AvgIpc) is 2.76. The quantitative estimate of drug-likeness (QED) is 0.794. The molecule has 2 aromatic carbocycles. The van der Waals surface area contributed by atoms with Gasteiger partial charge < -0.3 is 15.6 Å². The van der Waals surface area contributed by atoms with Crippen molar-refractivity contribution >= 4 is 5.69 Å². The fourth-order valence-electron chi connectivity index (χ4n) is 2.36. The van der Waals surface area contributed by atoms with E-state index < -0.39 is 0 Å². The summed E-state index contributed by atoms with van der Waals surface area (Å²) in [5, 5.41) is 9.84. The van der Waals surface area contributed by atoms with Crippen LogP contribution in [0.25, 0.3) is 0 Å². The van der Waals surface area contributed by atoms with Crippen molar-refractivity contribution in [3.8, 4) is 11.5 Å². The van der Waals surface area contributed by atoms with Crippen LogP contribution < -0.4 is 10.5 Å². The second kappa shape index (κ2) is 4.35. The smallest absolute Gasteiger partial charge is 0.130 e. The number of ether oxygens (including phenoxy) is 1. The van der Waals surface area contributed by atoms with Crippen molar-refractivity contribution in [3.63, 3.8) is 0 Å². The minimum absolute atomic E-state index is 0.352. The molecular weight excluding hydrogens is 226 g/mol. The molecule has 3 N–H and O–H groups in total. The number of aliphatic hydroxyl groups is 1. The van der Waals surface area contributed by atoms with Gasteiger partial charge in [-0.05, 0) is 48.7 Å². The van der Waals surface area contributed by atoms with Crippen LogP contribution in [0, 0.1) is 0 Å². The van der Waals surface area contributed by atoms with Gasteiger partial charge in [0.05, 0.1) is 6.10 Å². The molecule has 0 aromatic heterocycles. The molecule has 0 aliphatic heterocycles. The number of fused-ring (bicyclic) bond motifs is 1. The minimum atomic E-state index is -0.352. The highest BCUT2D eigenvalue weighted by Crippen LogP contribution is 2.38. The molecule has 2 aromatic rings. The zero-order chi connectivity index (χ0) is 12.5. The summed E-state index contributed by atoms with van der Waals surface area (Å²) < 4.78 is 5.86. The van der Waals surface area contributed by atoms with Crippen LogP contribution in [-0.2, 0) is 6.42 Å². The van der Waals surface area contributed by atoms with Crippen molar-refractivity contribution < 1.29 is 9.84 Å². The number of hydrogen-bond donors (Lipinski definition) is 2. The highest BCUT2D eigenvalue weighted by molar-refractivity contribution is 5.48. The van der Waals surface area contributed by atoms with Crippen LogP contribution in [0.4, 0.5) is 5.69 Å². The van der Waals surface area contributed by atoms with Crippen molar-refractivity contribution in [2.45, 2.75) is 18.9 Å². The van der Waals surface area contributed by atoms with Crippen molar-refractivity contribution in [3.05, 3.63) is 53.6 Å². The molecule has 0 saturated heterocycles. The Balaban J connectivity index is 1.92. The van der Waals surface area contributed by atoms with E-state index in [-0.39, 0.29) is 6.10 Å². The van der Waals surface area contributed by atoms with E-state index in [0.717, 1.165) is 41.2 Å². The Morgan fingerprint density at radius 1 is 1.11 bits per heavy atom. The molecule has 3 heteroatoms. The fourth-order valence-corrected chi connectivity index (χ4v) is 2.36. The number of aliphatic hydroxyl groups excluding tert-OH is 1. The number of nitrogen functional groups attached to an aromatic ring is 1. The Labute approximate surface area is 106 Å². The maximum Gasteiger partial charge on any atom is 0.130 e. The van der Waals surface area contributed by atoms with E-state index in [4.69, 9.17) is 10.5 Å². The third-order valence-corrected chi connectivity index (χ3v) is 3.30. The van der Waals surface area contributed by atoms with E-state index in [1.165, 1.54) is 0 Å². The van der Waals surface area contributed by atoms with Crippen LogP contribution in [0.5, 0.6) is 11.5 Å². The van der Waals surface area contributed by atoms with E-state index in [2.05, 4.69) is 0 Å². The molecule has 0 fully saturated rings. The predicted octanol–water partition coefficient (Wildman–Crippen LogP) is 3.04. The summed E-state index contributed by atoms with van der Waals surface area (Å²) in [6, 6.07) is 13.1. The van der Waals surface area contributed by atoms with Gasteiger partial charge in [0.2, 0.25) is 0 Å². The van der Waals surface area contributed by atoms with Crippen LogP contribution in [0.15, 0.2) is 42.5 Å². The van der Waals surface area contributed by atoms with Crippen molar-refractivity contribution in [1.82, 2.24) is 0 Å². The zero-order valence-corrected chi connectivity index (χ0v) is 9.97. The summed E-state index contributed by atoms with van der Waals surface area (Å²) in [5.74, 6) is 1.59. The Bertz CT molecular complexity index is 563. The van der Waals surface area contributed by atoms with Gasteiger partial charge in [-0.25, -0.2) is 0 Å². The summed E-state index contributed by atoms with van der Waals surface area (Å²) in [6.45, 7) is 0. The van der Waals surface area contributed by atoms with Gasteiger partial charge in [0.15, 0.2) is 0 Å². The zero-order valence-electron chi connectivity index (χ0n) is 9.97. The Kier molecular flexibility index (Phi) is 2.68. The summed E-state index contributed by atoms with van der Waals surface area (Å²) in [5.41, 5.74) is 8.46. The summed E-state index contributed by atoms with van der Waals surface area (Å²) >= 11 is 0. The molecule has 0 bridgehead atoms. The Morgan fingerprint density at radius 2 is 1.89 bits per heavy atom. The molecule has 0 unspecified atom stereocenters. The standard InChI is InChI=1S/C15H15NO2/c16-10-4-6-11(7-5-10)18-15-3-1-2-12-13(15)8-9-14(12)17/h1-7,14,17H,8-9,16H2/t14-/m0/s1.